The second-order valence-electron chi connectivity index (χ2n) is 6.19. The van der Waals surface area contributed by atoms with Gasteiger partial charge in [-0.15, -0.1) is 0 Å². The van der Waals surface area contributed by atoms with E-state index in [2.05, 4.69) is 32.6 Å². The topological polar surface area (TPSA) is 40.5 Å². The first-order valence-electron chi connectivity index (χ1n) is 6.93. The molecule has 0 fully saturated rings. The molecule has 0 aromatic heterocycles. The van der Waals surface area contributed by atoms with Crippen molar-refractivity contribution in [3.63, 3.8) is 0 Å². The Morgan fingerprint density at radius 1 is 1.47 bits per heavy atom. The molecule has 1 heterocycles. The first kappa shape index (κ1) is 13.9. The number of aryl methyl sites for hydroxylation is 1. The van der Waals surface area contributed by atoms with Crippen molar-refractivity contribution in [1.29, 1.82) is 0 Å². The van der Waals surface area contributed by atoms with E-state index in [9.17, 15) is 9.90 Å². The van der Waals surface area contributed by atoms with Crippen LogP contribution in [0.25, 0.3) is 0 Å². The SMILES string of the molecule is CCN1c2cc(C)c(C(=O)O)cc2[C@H](C)CC1(C)C. The number of aromatic carboxylic acids is 1. The predicted octanol–water partition coefficient (Wildman–Crippen LogP) is 3.81. The fourth-order valence-corrected chi connectivity index (χ4v) is 3.46. The summed E-state index contributed by atoms with van der Waals surface area (Å²) in [6, 6.07) is 3.91. The molecule has 3 nitrogen and oxygen atoms in total. The summed E-state index contributed by atoms with van der Waals surface area (Å²) in [6.07, 6.45) is 1.05. The quantitative estimate of drug-likeness (QED) is 0.880. The van der Waals surface area contributed by atoms with Crippen LogP contribution in [-0.4, -0.2) is 23.2 Å². The van der Waals surface area contributed by atoms with E-state index in [1.54, 1.807) is 0 Å². The monoisotopic (exact) mass is 261 g/mol. The second-order valence-corrected chi connectivity index (χ2v) is 6.19. The van der Waals surface area contributed by atoms with Gasteiger partial charge in [0.1, 0.15) is 0 Å². The van der Waals surface area contributed by atoms with Crippen molar-refractivity contribution in [2.75, 3.05) is 11.4 Å². The molecule has 2 rings (SSSR count). The summed E-state index contributed by atoms with van der Waals surface area (Å²) in [5, 5.41) is 9.27. The van der Waals surface area contributed by atoms with E-state index in [1.807, 2.05) is 19.1 Å². The molecule has 1 aliphatic heterocycles. The van der Waals surface area contributed by atoms with Crippen LogP contribution in [0.4, 0.5) is 5.69 Å². The van der Waals surface area contributed by atoms with Crippen molar-refractivity contribution in [2.24, 2.45) is 0 Å². The van der Waals surface area contributed by atoms with Gasteiger partial charge in [-0.3, -0.25) is 0 Å². The lowest BCUT2D eigenvalue weighted by Gasteiger charge is -2.47. The van der Waals surface area contributed by atoms with Gasteiger partial charge in [0, 0.05) is 17.8 Å². The average molecular weight is 261 g/mol. The van der Waals surface area contributed by atoms with Gasteiger partial charge < -0.3 is 10.0 Å². The second kappa shape index (κ2) is 4.55. The summed E-state index contributed by atoms with van der Waals surface area (Å²) in [5.74, 6) is -0.438. The van der Waals surface area contributed by atoms with Crippen molar-refractivity contribution in [3.05, 3.63) is 28.8 Å². The van der Waals surface area contributed by atoms with Gasteiger partial charge >= 0.3 is 5.97 Å². The lowest BCUT2D eigenvalue weighted by atomic mass is 9.79. The van der Waals surface area contributed by atoms with Crippen molar-refractivity contribution in [2.45, 2.75) is 52.5 Å². The highest BCUT2D eigenvalue weighted by molar-refractivity contribution is 5.90. The van der Waals surface area contributed by atoms with E-state index >= 15 is 0 Å². The highest BCUT2D eigenvalue weighted by atomic mass is 16.4. The molecule has 0 spiro atoms. The Kier molecular flexibility index (Phi) is 3.33. The van der Waals surface area contributed by atoms with Crippen LogP contribution in [0.5, 0.6) is 0 Å². The number of nitrogens with zero attached hydrogens (tertiary/aromatic N) is 1. The van der Waals surface area contributed by atoms with Crippen LogP contribution in [0.3, 0.4) is 0 Å². The molecule has 1 aromatic carbocycles. The maximum absolute atomic E-state index is 11.3. The van der Waals surface area contributed by atoms with Crippen LogP contribution in [0.2, 0.25) is 0 Å². The van der Waals surface area contributed by atoms with Crippen LogP contribution in [0.15, 0.2) is 12.1 Å². The minimum absolute atomic E-state index is 0.123. The molecular weight excluding hydrogens is 238 g/mol. The fourth-order valence-electron chi connectivity index (χ4n) is 3.46. The lowest BCUT2D eigenvalue weighted by Crippen LogP contribution is -2.48. The maximum atomic E-state index is 11.3. The normalized spacial score (nSPS) is 21.1. The molecule has 19 heavy (non-hydrogen) atoms. The van der Waals surface area contributed by atoms with E-state index in [0.29, 0.717) is 11.5 Å². The van der Waals surface area contributed by atoms with Gasteiger partial charge in [-0.25, -0.2) is 4.79 Å². The minimum Gasteiger partial charge on any atom is -0.478 e. The summed E-state index contributed by atoms with van der Waals surface area (Å²) in [5.41, 5.74) is 3.77. The first-order chi connectivity index (χ1) is 8.77. The van der Waals surface area contributed by atoms with E-state index in [4.69, 9.17) is 0 Å². The molecule has 3 heteroatoms. The van der Waals surface area contributed by atoms with Gasteiger partial charge in [0.25, 0.3) is 0 Å². The molecule has 0 unspecified atom stereocenters. The number of benzene rings is 1. The molecule has 0 saturated heterocycles. The van der Waals surface area contributed by atoms with Crippen LogP contribution < -0.4 is 4.90 Å². The molecule has 0 aliphatic carbocycles. The molecule has 104 valence electrons. The summed E-state index contributed by atoms with van der Waals surface area (Å²) < 4.78 is 0. The Morgan fingerprint density at radius 3 is 2.63 bits per heavy atom. The van der Waals surface area contributed by atoms with Gasteiger partial charge in [0.05, 0.1) is 5.56 Å². The zero-order valence-corrected chi connectivity index (χ0v) is 12.4. The van der Waals surface area contributed by atoms with Gasteiger partial charge in [-0.05, 0) is 63.3 Å². The number of fused-ring (bicyclic) bond motifs is 1. The number of carboxylic acids is 1. The van der Waals surface area contributed by atoms with Gasteiger partial charge in [0.2, 0.25) is 0 Å². The molecule has 1 N–H and O–H groups in total. The van der Waals surface area contributed by atoms with Crippen LogP contribution >= 0.6 is 0 Å². The number of hydrogen-bond acceptors (Lipinski definition) is 2. The van der Waals surface area contributed by atoms with Gasteiger partial charge in [-0.2, -0.15) is 0 Å². The number of hydrogen-bond donors (Lipinski definition) is 1. The average Bonchev–Trinajstić information content (AvgIpc) is 2.26. The molecule has 1 atom stereocenters. The smallest absolute Gasteiger partial charge is 0.335 e. The minimum atomic E-state index is -0.833. The number of rotatable bonds is 2. The van der Waals surface area contributed by atoms with Crippen LogP contribution in [0.1, 0.15) is 61.5 Å². The predicted molar refractivity (Wildman–Crippen MR) is 78.3 cm³/mol. The number of carbonyl (C=O) groups is 1. The summed E-state index contributed by atoms with van der Waals surface area (Å²) in [6.45, 7) is 11.7. The largest absolute Gasteiger partial charge is 0.478 e. The molecule has 0 saturated carbocycles. The third-order valence-corrected chi connectivity index (χ3v) is 4.28. The molecule has 0 bridgehead atoms. The maximum Gasteiger partial charge on any atom is 0.335 e. The van der Waals surface area contributed by atoms with Crippen molar-refractivity contribution in [1.82, 2.24) is 0 Å². The zero-order valence-electron chi connectivity index (χ0n) is 12.4. The van der Waals surface area contributed by atoms with Gasteiger partial charge in [-0.1, -0.05) is 6.92 Å². The van der Waals surface area contributed by atoms with E-state index in [-0.39, 0.29) is 5.54 Å². The number of carboxylic acid groups (broad SMARTS) is 1. The first-order valence-corrected chi connectivity index (χ1v) is 6.93. The molecule has 0 amide bonds. The summed E-state index contributed by atoms with van der Waals surface area (Å²) in [7, 11) is 0. The summed E-state index contributed by atoms with van der Waals surface area (Å²) in [4.78, 5) is 13.7. The third kappa shape index (κ3) is 2.22. The molecule has 0 radical (unpaired) electrons. The standard InChI is InChI=1S/C16H23NO2/c1-6-17-14-7-10(2)13(15(18)19)8-12(14)11(3)9-16(17,4)5/h7-8,11H,6,9H2,1-5H3,(H,18,19)/t11-/m1/s1. The van der Waals surface area contributed by atoms with E-state index in [1.165, 1.54) is 11.3 Å². The lowest BCUT2D eigenvalue weighted by molar-refractivity contribution is 0.0696. The Hall–Kier alpha value is -1.51. The Morgan fingerprint density at radius 2 is 2.11 bits per heavy atom. The fraction of sp³-hybridized carbons (Fsp3) is 0.562. The van der Waals surface area contributed by atoms with Crippen molar-refractivity contribution < 1.29 is 9.90 Å². The Balaban J connectivity index is 2.63. The number of anilines is 1. The van der Waals surface area contributed by atoms with Crippen LogP contribution in [-0.2, 0) is 0 Å². The molecule has 1 aromatic rings. The van der Waals surface area contributed by atoms with Crippen molar-refractivity contribution in [3.8, 4) is 0 Å². The third-order valence-electron chi connectivity index (χ3n) is 4.28. The molecular formula is C16H23NO2. The molecule has 1 aliphatic rings. The summed E-state index contributed by atoms with van der Waals surface area (Å²) >= 11 is 0. The van der Waals surface area contributed by atoms with Gasteiger partial charge in [0.15, 0.2) is 0 Å². The van der Waals surface area contributed by atoms with E-state index < -0.39 is 5.97 Å². The van der Waals surface area contributed by atoms with Crippen LogP contribution in [0, 0.1) is 6.92 Å². The Bertz CT molecular complexity index is 520. The highest BCUT2D eigenvalue weighted by Gasteiger charge is 2.36. The zero-order chi connectivity index (χ0) is 14.4. The Labute approximate surface area is 115 Å². The van der Waals surface area contributed by atoms with Crippen molar-refractivity contribution >= 4 is 11.7 Å². The van der Waals surface area contributed by atoms with E-state index in [0.717, 1.165) is 18.5 Å². The highest BCUT2D eigenvalue weighted by Crippen LogP contribution is 2.44.